The van der Waals surface area contributed by atoms with Crippen LogP contribution in [0.15, 0.2) is 85.2 Å². The van der Waals surface area contributed by atoms with Crippen molar-refractivity contribution in [1.29, 1.82) is 0 Å². The van der Waals surface area contributed by atoms with Crippen LogP contribution in [0.2, 0.25) is 0 Å². The maximum absolute atomic E-state index is 13.2. The van der Waals surface area contributed by atoms with Crippen LogP contribution < -0.4 is 5.32 Å². The van der Waals surface area contributed by atoms with Crippen LogP contribution >= 0.6 is 0 Å². The highest BCUT2D eigenvalue weighted by Gasteiger charge is 2.44. The molecule has 4 heteroatoms. The van der Waals surface area contributed by atoms with Crippen LogP contribution in [0.3, 0.4) is 0 Å². The minimum Gasteiger partial charge on any atom is -0.351 e. The smallest absolute Gasteiger partial charge is 0.252 e. The first-order valence-corrected chi connectivity index (χ1v) is 9.89. The zero-order valence-electron chi connectivity index (χ0n) is 16.0. The first-order valence-electron chi connectivity index (χ1n) is 9.89. The number of carbonyl (C=O) groups excluding carboxylic acids is 1. The standard InChI is InChI=1S/C25H21N3O/c29-24(27-17-25(12-13-25)19-6-2-1-3-7-19)21-16-23(18-10-14-26-15-11-18)28-22-9-5-4-8-20(21)22/h1-11,14-16H,12-13,17H2,(H,27,29). The molecule has 0 bridgehead atoms. The van der Waals surface area contributed by atoms with E-state index in [2.05, 4.69) is 34.6 Å². The normalized spacial score (nSPS) is 14.5. The van der Waals surface area contributed by atoms with Gasteiger partial charge in [0.2, 0.25) is 0 Å². The Bertz CT molecular complexity index is 1170. The van der Waals surface area contributed by atoms with E-state index in [1.54, 1.807) is 12.4 Å². The second-order valence-electron chi connectivity index (χ2n) is 7.64. The Labute approximate surface area is 169 Å². The molecule has 4 nitrogen and oxygen atoms in total. The molecule has 0 atom stereocenters. The van der Waals surface area contributed by atoms with Gasteiger partial charge in [-0.3, -0.25) is 9.78 Å². The summed E-state index contributed by atoms with van der Waals surface area (Å²) in [6.07, 6.45) is 5.69. The number of benzene rings is 2. The minimum absolute atomic E-state index is 0.0545. The summed E-state index contributed by atoms with van der Waals surface area (Å²) in [7, 11) is 0. The molecule has 0 saturated heterocycles. The third-order valence-electron chi connectivity index (χ3n) is 5.76. The molecule has 4 aromatic rings. The van der Waals surface area contributed by atoms with Gasteiger partial charge in [0, 0.05) is 35.3 Å². The fourth-order valence-electron chi connectivity index (χ4n) is 3.89. The van der Waals surface area contributed by atoms with E-state index in [1.807, 2.05) is 48.5 Å². The van der Waals surface area contributed by atoms with E-state index in [-0.39, 0.29) is 11.3 Å². The molecule has 0 unspecified atom stereocenters. The van der Waals surface area contributed by atoms with Gasteiger partial charge in [-0.1, -0.05) is 48.5 Å². The molecule has 1 saturated carbocycles. The SMILES string of the molecule is O=C(NCC1(c2ccccc2)CC1)c1cc(-c2ccncc2)nc2ccccc12. The lowest BCUT2D eigenvalue weighted by Crippen LogP contribution is -2.32. The summed E-state index contributed by atoms with van der Waals surface area (Å²) >= 11 is 0. The van der Waals surface area contributed by atoms with Crippen LogP contribution in [0.4, 0.5) is 0 Å². The predicted octanol–water partition coefficient (Wildman–Crippen LogP) is 4.76. The van der Waals surface area contributed by atoms with Crippen LogP contribution in [-0.2, 0) is 5.41 Å². The number of para-hydroxylation sites is 1. The monoisotopic (exact) mass is 379 g/mol. The molecule has 2 aromatic heterocycles. The molecule has 0 aliphatic heterocycles. The van der Waals surface area contributed by atoms with Crippen molar-refractivity contribution < 1.29 is 4.79 Å². The Morgan fingerprint density at radius 2 is 1.66 bits per heavy atom. The number of pyridine rings is 2. The van der Waals surface area contributed by atoms with E-state index in [1.165, 1.54) is 5.56 Å². The van der Waals surface area contributed by atoms with Crippen LogP contribution in [-0.4, -0.2) is 22.4 Å². The summed E-state index contributed by atoms with van der Waals surface area (Å²) in [5.41, 5.74) is 4.58. The molecule has 2 heterocycles. The summed E-state index contributed by atoms with van der Waals surface area (Å²) in [6, 6.07) is 24.0. The Morgan fingerprint density at radius 3 is 2.41 bits per heavy atom. The lowest BCUT2D eigenvalue weighted by atomic mass is 9.95. The van der Waals surface area contributed by atoms with Crippen LogP contribution in [0, 0.1) is 0 Å². The van der Waals surface area contributed by atoms with E-state index in [9.17, 15) is 4.79 Å². The summed E-state index contributed by atoms with van der Waals surface area (Å²) in [5.74, 6) is -0.0545. The maximum Gasteiger partial charge on any atom is 0.252 e. The number of rotatable bonds is 5. The largest absolute Gasteiger partial charge is 0.351 e. The van der Waals surface area contributed by atoms with Crippen molar-refractivity contribution in [2.24, 2.45) is 0 Å². The number of fused-ring (bicyclic) bond motifs is 1. The fraction of sp³-hybridized carbons (Fsp3) is 0.160. The van der Waals surface area contributed by atoms with Crippen LogP contribution in [0.25, 0.3) is 22.2 Å². The molecule has 1 N–H and O–H groups in total. The van der Waals surface area contributed by atoms with E-state index in [0.29, 0.717) is 12.1 Å². The van der Waals surface area contributed by atoms with Gasteiger partial charge >= 0.3 is 0 Å². The zero-order valence-corrected chi connectivity index (χ0v) is 16.0. The van der Waals surface area contributed by atoms with Crippen molar-refractivity contribution in [3.05, 3.63) is 96.3 Å². The lowest BCUT2D eigenvalue weighted by molar-refractivity contribution is 0.0951. The number of hydrogen-bond acceptors (Lipinski definition) is 3. The topological polar surface area (TPSA) is 54.9 Å². The van der Waals surface area contributed by atoms with E-state index in [4.69, 9.17) is 4.98 Å². The van der Waals surface area contributed by atoms with Gasteiger partial charge in [-0.05, 0) is 42.7 Å². The van der Waals surface area contributed by atoms with Crippen molar-refractivity contribution in [2.75, 3.05) is 6.54 Å². The van der Waals surface area contributed by atoms with Gasteiger partial charge in [0.05, 0.1) is 16.8 Å². The maximum atomic E-state index is 13.2. The quantitative estimate of drug-likeness (QED) is 0.544. The second kappa shape index (κ2) is 7.13. The van der Waals surface area contributed by atoms with Gasteiger partial charge in [0.15, 0.2) is 0 Å². The van der Waals surface area contributed by atoms with Crippen molar-refractivity contribution in [2.45, 2.75) is 18.3 Å². The van der Waals surface area contributed by atoms with E-state index in [0.717, 1.165) is 35.0 Å². The summed E-state index contributed by atoms with van der Waals surface area (Å²) in [6.45, 7) is 0.650. The molecular formula is C25H21N3O. The summed E-state index contributed by atoms with van der Waals surface area (Å²) < 4.78 is 0. The highest BCUT2D eigenvalue weighted by Crippen LogP contribution is 2.47. The molecule has 2 aromatic carbocycles. The van der Waals surface area contributed by atoms with Gasteiger partial charge in [-0.2, -0.15) is 0 Å². The van der Waals surface area contributed by atoms with Crippen molar-refractivity contribution in [3.8, 4) is 11.3 Å². The number of carbonyl (C=O) groups is 1. The molecule has 0 radical (unpaired) electrons. The molecular weight excluding hydrogens is 358 g/mol. The number of nitrogens with zero attached hydrogens (tertiary/aromatic N) is 2. The van der Waals surface area contributed by atoms with Crippen LogP contribution in [0.1, 0.15) is 28.8 Å². The second-order valence-corrected chi connectivity index (χ2v) is 7.64. The van der Waals surface area contributed by atoms with Gasteiger partial charge < -0.3 is 5.32 Å². The number of hydrogen-bond donors (Lipinski definition) is 1. The first kappa shape index (κ1) is 17.6. The van der Waals surface area contributed by atoms with Crippen LogP contribution in [0.5, 0.6) is 0 Å². The van der Waals surface area contributed by atoms with E-state index >= 15 is 0 Å². The highest BCUT2D eigenvalue weighted by atomic mass is 16.1. The van der Waals surface area contributed by atoms with E-state index < -0.39 is 0 Å². The van der Waals surface area contributed by atoms with Gasteiger partial charge in [0.1, 0.15) is 0 Å². The number of nitrogens with one attached hydrogen (secondary N) is 1. The Kier molecular flexibility index (Phi) is 4.32. The number of amides is 1. The Hall–Kier alpha value is -3.53. The zero-order chi connectivity index (χ0) is 19.7. The molecule has 1 aliphatic carbocycles. The molecule has 1 amide bonds. The third kappa shape index (κ3) is 3.38. The molecule has 29 heavy (non-hydrogen) atoms. The molecule has 5 rings (SSSR count). The Balaban J connectivity index is 1.47. The number of aromatic nitrogens is 2. The van der Waals surface area contributed by atoms with Gasteiger partial charge in [0.25, 0.3) is 5.91 Å². The third-order valence-corrected chi connectivity index (χ3v) is 5.76. The van der Waals surface area contributed by atoms with Crippen molar-refractivity contribution in [3.63, 3.8) is 0 Å². The Morgan fingerprint density at radius 1 is 0.931 bits per heavy atom. The molecule has 0 spiro atoms. The summed E-state index contributed by atoms with van der Waals surface area (Å²) in [4.78, 5) is 22.0. The van der Waals surface area contributed by atoms with Crippen molar-refractivity contribution >= 4 is 16.8 Å². The highest BCUT2D eigenvalue weighted by molar-refractivity contribution is 6.07. The molecule has 142 valence electrons. The lowest BCUT2D eigenvalue weighted by Gasteiger charge is -2.17. The predicted molar refractivity (Wildman–Crippen MR) is 115 cm³/mol. The van der Waals surface area contributed by atoms with Gasteiger partial charge in [-0.25, -0.2) is 4.98 Å². The summed E-state index contributed by atoms with van der Waals surface area (Å²) in [5, 5.41) is 4.06. The minimum atomic E-state index is -0.0545. The van der Waals surface area contributed by atoms with Gasteiger partial charge in [-0.15, -0.1) is 0 Å². The molecule has 1 aliphatic rings. The van der Waals surface area contributed by atoms with Crippen molar-refractivity contribution in [1.82, 2.24) is 15.3 Å². The fourth-order valence-corrected chi connectivity index (χ4v) is 3.89. The average Bonchev–Trinajstić information content (AvgIpc) is 3.59. The molecule has 1 fully saturated rings. The first-order chi connectivity index (χ1) is 14.3. The average molecular weight is 379 g/mol.